The zero-order valence-corrected chi connectivity index (χ0v) is 23.7. The van der Waals surface area contributed by atoms with Crippen LogP contribution in [0, 0.1) is 0 Å². The van der Waals surface area contributed by atoms with Crippen molar-refractivity contribution in [2.75, 3.05) is 25.5 Å². The van der Waals surface area contributed by atoms with E-state index in [0.29, 0.717) is 5.01 Å². The lowest BCUT2D eigenvalue weighted by Crippen LogP contribution is -2.29. The number of hydrogen-bond acceptors (Lipinski definition) is 8. The van der Waals surface area contributed by atoms with Gasteiger partial charge in [0, 0.05) is 12.5 Å². The minimum Gasteiger partial charge on any atom is -0.504 e. The molecule has 0 radical (unpaired) electrons. The molecule has 1 fully saturated rings. The van der Waals surface area contributed by atoms with Crippen LogP contribution in [0.4, 0.5) is 18.2 Å². The Morgan fingerprint density at radius 1 is 1.17 bits per heavy atom. The highest BCUT2D eigenvalue weighted by Crippen LogP contribution is 2.36. The van der Waals surface area contributed by atoms with Crippen LogP contribution in [-0.4, -0.2) is 63.5 Å². The van der Waals surface area contributed by atoms with Crippen LogP contribution in [0.3, 0.4) is 0 Å². The van der Waals surface area contributed by atoms with Crippen LogP contribution >= 0.6 is 34.5 Å². The quantitative estimate of drug-likeness (QED) is 0.212. The highest BCUT2D eigenvalue weighted by molar-refractivity contribution is 7.16. The second-order valence-electron chi connectivity index (χ2n) is 8.83. The number of nitrogens with one attached hydrogen (secondary N) is 2. The Balaban J connectivity index is 0.00000147. The van der Waals surface area contributed by atoms with Gasteiger partial charge >= 0.3 is 6.18 Å². The number of piperidine rings is 1. The molecule has 220 valence electrons. The van der Waals surface area contributed by atoms with E-state index in [1.165, 1.54) is 18.2 Å². The summed E-state index contributed by atoms with van der Waals surface area (Å²) in [6, 6.07) is 6.05. The van der Waals surface area contributed by atoms with Crippen molar-refractivity contribution in [3.63, 3.8) is 0 Å². The standard InChI is InChI=1S/C24H22Cl2F3N5O3S.CH2O2/c1-34-8-6-12(7-9-34)22-32-17(21(37)30-11-13-4-2-3-5-14(13)24(27,28)29)23(38-22)33-20(36)16-10-15(25)18(35)19(26)31-16;2-1-3/h2-5,10,12,35H,6-9,11H2,1H3,(H,30,37)(H,33,36);1H,(H,2,3). The number of alkyl halides is 3. The monoisotopic (exact) mass is 633 g/mol. The minimum atomic E-state index is -4.58. The van der Waals surface area contributed by atoms with Gasteiger partial charge in [-0.2, -0.15) is 13.2 Å². The predicted octanol–water partition coefficient (Wildman–Crippen LogP) is 5.26. The van der Waals surface area contributed by atoms with Crippen molar-refractivity contribution >= 4 is 57.8 Å². The van der Waals surface area contributed by atoms with Crippen molar-refractivity contribution < 1.29 is 37.8 Å². The maximum absolute atomic E-state index is 13.4. The van der Waals surface area contributed by atoms with E-state index in [-0.39, 0.29) is 44.5 Å². The number of amides is 2. The third-order valence-electron chi connectivity index (χ3n) is 6.05. The first-order valence-corrected chi connectivity index (χ1v) is 13.5. The van der Waals surface area contributed by atoms with E-state index >= 15 is 0 Å². The Hall–Kier alpha value is -3.46. The maximum atomic E-state index is 13.4. The van der Waals surface area contributed by atoms with Gasteiger partial charge in [-0.05, 0) is 50.7 Å². The molecule has 16 heteroatoms. The van der Waals surface area contributed by atoms with Crippen molar-refractivity contribution in [2.24, 2.45) is 0 Å². The summed E-state index contributed by atoms with van der Waals surface area (Å²) in [5.41, 5.74) is -1.30. The summed E-state index contributed by atoms with van der Waals surface area (Å²) in [6.07, 6.45) is -2.99. The Kier molecular flexibility index (Phi) is 10.9. The van der Waals surface area contributed by atoms with Gasteiger partial charge in [0.05, 0.1) is 15.6 Å². The van der Waals surface area contributed by atoms with Crippen LogP contribution in [0.5, 0.6) is 5.75 Å². The molecule has 2 aromatic heterocycles. The minimum absolute atomic E-state index is 0.0510. The van der Waals surface area contributed by atoms with Crippen LogP contribution in [-0.2, 0) is 17.5 Å². The van der Waals surface area contributed by atoms with E-state index in [0.717, 1.165) is 49.4 Å². The number of rotatable bonds is 6. The summed E-state index contributed by atoms with van der Waals surface area (Å²) in [5.74, 6) is -1.94. The molecule has 1 aromatic carbocycles. The number of hydrogen-bond donors (Lipinski definition) is 4. The second kappa shape index (κ2) is 13.9. The van der Waals surface area contributed by atoms with Gasteiger partial charge in [0.2, 0.25) is 0 Å². The molecule has 0 bridgehead atoms. The van der Waals surface area contributed by atoms with Crippen molar-refractivity contribution in [1.82, 2.24) is 20.2 Å². The highest BCUT2D eigenvalue weighted by atomic mass is 35.5. The zero-order chi connectivity index (χ0) is 30.3. The van der Waals surface area contributed by atoms with E-state index in [1.807, 2.05) is 7.05 Å². The fraction of sp³-hybridized carbons (Fsp3) is 0.320. The van der Waals surface area contributed by atoms with Crippen LogP contribution < -0.4 is 10.6 Å². The van der Waals surface area contributed by atoms with Crippen molar-refractivity contribution in [2.45, 2.75) is 31.5 Å². The summed E-state index contributed by atoms with van der Waals surface area (Å²) >= 11 is 12.8. The van der Waals surface area contributed by atoms with Crippen molar-refractivity contribution in [1.29, 1.82) is 0 Å². The van der Waals surface area contributed by atoms with Crippen LogP contribution in [0.25, 0.3) is 0 Å². The van der Waals surface area contributed by atoms with Gasteiger partial charge in [0.1, 0.15) is 10.7 Å². The normalized spacial score (nSPS) is 14.1. The SMILES string of the molecule is CN1CCC(c2nc(C(=O)NCc3ccccc3C(F)(F)F)c(NC(=O)c3cc(Cl)c(O)c(Cl)n3)s2)CC1.O=CO. The third kappa shape index (κ3) is 8.28. The van der Waals surface area contributed by atoms with Gasteiger partial charge in [-0.15, -0.1) is 11.3 Å². The third-order valence-corrected chi connectivity index (χ3v) is 7.74. The molecular weight excluding hydrogens is 610 g/mol. The Bertz CT molecular complexity index is 1390. The first kappa shape index (κ1) is 32.1. The molecule has 4 rings (SSSR count). The Morgan fingerprint density at radius 2 is 1.80 bits per heavy atom. The van der Waals surface area contributed by atoms with Gasteiger partial charge in [-0.25, -0.2) is 9.97 Å². The van der Waals surface area contributed by atoms with Gasteiger partial charge < -0.3 is 25.7 Å². The fourth-order valence-electron chi connectivity index (χ4n) is 3.98. The lowest BCUT2D eigenvalue weighted by molar-refractivity contribution is -0.138. The Labute approximate surface area is 246 Å². The molecule has 0 saturated carbocycles. The van der Waals surface area contributed by atoms with Gasteiger partial charge in [0.25, 0.3) is 18.3 Å². The molecule has 0 atom stereocenters. The first-order chi connectivity index (χ1) is 19.3. The molecule has 1 aliphatic heterocycles. The lowest BCUT2D eigenvalue weighted by atomic mass is 9.98. The average molecular weight is 634 g/mol. The number of anilines is 1. The number of nitrogens with zero attached hydrogens (tertiary/aromatic N) is 3. The highest BCUT2D eigenvalue weighted by Gasteiger charge is 2.33. The topological polar surface area (TPSA) is 145 Å². The fourth-order valence-corrected chi connectivity index (χ4v) is 5.54. The summed E-state index contributed by atoms with van der Waals surface area (Å²) in [6.45, 7) is 1.01. The summed E-state index contributed by atoms with van der Waals surface area (Å²) in [4.78, 5) is 44.8. The molecular formula is C25H24Cl2F3N5O5S. The van der Waals surface area contributed by atoms with Crippen LogP contribution in [0.2, 0.25) is 10.2 Å². The van der Waals surface area contributed by atoms with Gasteiger partial charge in [0.15, 0.2) is 16.6 Å². The number of halogens is 5. The first-order valence-electron chi connectivity index (χ1n) is 11.9. The molecule has 3 aromatic rings. The zero-order valence-electron chi connectivity index (χ0n) is 21.3. The number of aromatic nitrogens is 2. The van der Waals surface area contributed by atoms with Crippen molar-refractivity contribution in [3.05, 3.63) is 68.0 Å². The number of benzene rings is 1. The van der Waals surface area contributed by atoms with E-state index in [4.69, 9.17) is 33.1 Å². The molecule has 0 unspecified atom stereocenters. The molecule has 3 heterocycles. The summed E-state index contributed by atoms with van der Waals surface area (Å²) in [7, 11) is 2.00. The number of pyridine rings is 1. The number of carboxylic acid groups (broad SMARTS) is 1. The molecule has 41 heavy (non-hydrogen) atoms. The molecule has 1 saturated heterocycles. The molecule has 2 amide bonds. The molecule has 4 N–H and O–H groups in total. The number of carbonyl (C=O) groups excluding carboxylic acids is 2. The lowest BCUT2D eigenvalue weighted by Gasteiger charge is -2.27. The molecule has 10 nitrogen and oxygen atoms in total. The number of likely N-dealkylation sites (tertiary alicyclic amines) is 1. The smallest absolute Gasteiger partial charge is 0.416 e. The molecule has 0 aliphatic carbocycles. The van der Waals surface area contributed by atoms with E-state index in [2.05, 4.69) is 25.5 Å². The number of carbonyl (C=O) groups is 3. The Morgan fingerprint density at radius 3 is 2.41 bits per heavy atom. The van der Waals surface area contributed by atoms with Crippen LogP contribution in [0.15, 0.2) is 30.3 Å². The van der Waals surface area contributed by atoms with Gasteiger partial charge in [-0.3, -0.25) is 14.4 Å². The predicted molar refractivity (Wildman–Crippen MR) is 147 cm³/mol. The van der Waals surface area contributed by atoms with E-state index in [1.54, 1.807) is 0 Å². The molecule has 1 aliphatic rings. The summed E-state index contributed by atoms with van der Waals surface area (Å²) in [5, 5.41) is 21.8. The van der Waals surface area contributed by atoms with E-state index < -0.39 is 35.8 Å². The van der Waals surface area contributed by atoms with Gasteiger partial charge in [-0.1, -0.05) is 41.4 Å². The number of thiazole rings is 1. The maximum Gasteiger partial charge on any atom is 0.416 e. The summed E-state index contributed by atoms with van der Waals surface area (Å²) < 4.78 is 40.1. The van der Waals surface area contributed by atoms with Crippen LogP contribution in [0.1, 0.15) is 55.9 Å². The largest absolute Gasteiger partial charge is 0.504 e. The second-order valence-corrected chi connectivity index (χ2v) is 10.6. The molecule has 0 spiro atoms. The van der Waals surface area contributed by atoms with E-state index in [9.17, 15) is 27.9 Å². The number of aromatic hydroxyl groups is 1. The average Bonchev–Trinajstić information content (AvgIpc) is 3.34. The van der Waals surface area contributed by atoms with Crippen molar-refractivity contribution in [3.8, 4) is 5.75 Å².